The topological polar surface area (TPSA) is 77.3 Å². The molecular weight excluding hydrogens is 1120 g/mol. The van der Waals surface area contributed by atoms with E-state index in [9.17, 15) is 0 Å². The summed E-state index contributed by atoms with van der Waals surface area (Å²) in [6.07, 6.45) is 11.3. The van der Waals surface area contributed by atoms with Crippen molar-refractivity contribution < 1.29 is 19.5 Å². The fourth-order valence-corrected chi connectivity index (χ4v) is 10.7. The van der Waals surface area contributed by atoms with Crippen LogP contribution in [0.1, 0.15) is 0 Å². The molecule has 6 aromatic heterocycles. The fraction of sp³-hybridized carbons (Fsp3) is 0. The van der Waals surface area contributed by atoms with Gasteiger partial charge >= 0.3 is 0 Å². The van der Waals surface area contributed by atoms with Crippen molar-refractivity contribution in [3.05, 3.63) is 292 Å². The van der Waals surface area contributed by atoms with E-state index in [0.29, 0.717) is 0 Å². The molecule has 0 radical (unpaired) electrons. The largest absolute Gasteiger partial charge is 0.254 e. The van der Waals surface area contributed by atoms with E-state index < -0.39 is 0 Å². The van der Waals surface area contributed by atoms with Crippen LogP contribution in [0.4, 0.5) is 0 Å². The Hall–Kier alpha value is -9.36. The van der Waals surface area contributed by atoms with E-state index >= 15 is 0 Å². The fourth-order valence-electron chi connectivity index (χ4n) is 10.7. The van der Waals surface area contributed by atoms with Crippen molar-refractivity contribution in [3.63, 3.8) is 0 Å². The average molecular weight is 1170 g/mol. The summed E-state index contributed by atoms with van der Waals surface area (Å²) in [5, 5.41) is 6.77. The van der Waals surface area contributed by atoms with Gasteiger partial charge in [0.2, 0.25) is 0 Å². The number of hydrogen-bond donors (Lipinski definition) is 0. The van der Waals surface area contributed by atoms with Gasteiger partial charge in [0, 0.05) is 89.0 Å². The third kappa shape index (κ3) is 11.0. The number of hydrogen-bond acceptors (Lipinski definition) is 6. The Labute approximate surface area is 494 Å². The number of halogens is 2. The van der Waals surface area contributed by atoms with Gasteiger partial charge in [-0.1, -0.05) is 218 Å². The van der Waals surface area contributed by atoms with Crippen LogP contribution < -0.4 is 0 Å². The maximum atomic E-state index is 4.67. The van der Waals surface area contributed by atoms with Crippen LogP contribution >= 0.6 is 24.8 Å². The second-order valence-corrected chi connectivity index (χ2v) is 18.9. The summed E-state index contributed by atoms with van der Waals surface area (Å²) in [6.45, 7) is 0. The molecule has 9 heteroatoms. The van der Waals surface area contributed by atoms with Crippen LogP contribution in [0.2, 0.25) is 0 Å². The van der Waals surface area contributed by atoms with Crippen LogP contribution in [-0.2, 0) is 19.5 Å². The Morgan fingerprint density at radius 2 is 0.296 bits per heavy atom. The van der Waals surface area contributed by atoms with Crippen LogP contribution in [0.15, 0.2) is 292 Å². The molecule has 0 aliphatic carbocycles. The van der Waals surface area contributed by atoms with Gasteiger partial charge in [-0.3, -0.25) is 29.9 Å². The van der Waals surface area contributed by atoms with E-state index in [2.05, 4.69) is 248 Å². The summed E-state index contributed by atoms with van der Waals surface area (Å²) < 4.78 is 0. The molecule has 6 heterocycles. The SMILES string of the molecule is Cl.Cl.[Ru].c1ccc(-c2ccnc3c2ccc2c(-c4ccccc4)ccnc23)cc1.c1ccc(-c2ccnc3c2ccc2c(-c4ccccc4)ccnc23)cc1.c1ccc(-c2ccnc3c2ccc2c(-c4ccccc4)ccnc23)cc1. The predicted octanol–water partition coefficient (Wildman–Crippen LogP) is 19.2. The van der Waals surface area contributed by atoms with Crippen molar-refractivity contribution in [2.24, 2.45) is 0 Å². The molecule has 0 aliphatic rings. The summed E-state index contributed by atoms with van der Waals surface area (Å²) in [5.74, 6) is 0. The minimum atomic E-state index is 0. The third-order valence-electron chi connectivity index (χ3n) is 14.4. The molecule has 0 N–H and O–H groups in total. The number of fused-ring (bicyclic) bond motifs is 9. The minimum Gasteiger partial charge on any atom is -0.254 e. The van der Waals surface area contributed by atoms with Gasteiger partial charge in [-0.05, 0) is 103 Å². The zero-order chi connectivity index (χ0) is 52.0. The Morgan fingerprint density at radius 1 is 0.160 bits per heavy atom. The number of pyridine rings is 6. The van der Waals surface area contributed by atoms with Gasteiger partial charge in [-0.2, -0.15) is 0 Å². The molecule has 6 nitrogen and oxygen atoms in total. The first-order valence-corrected chi connectivity index (χ1v) is 26.1. The summed E-state index contributed by atoms with van der Waals surface area (Å²) >= 11 is 0. The first kappa shape index (κ1) is 55.0. The van der Waals surface area contributed by atoms with Crippen molar-refractivity contribution in [2.75, 3.05) is 0 Å². The molecule has 0 aliphatic heterocycles. The molecule has 390 valence electrons. The number of aromatic nitrogens is 6. The molecule has 15 rings (SSSR count). The molecule has 0 unspecified atom stereocenters. The van der Waals surface area contributed by atoms with Crippen LogP contribution in [0.5, 0.6) is 0 Å². The van der Waals surface area contributed by atoms with Crippen LogP contribution in [0.3, 0.4) is 0 Å². The molecule has 0 saturated carbocycles. The number of rotatable bonds is 6. The molecular formula is C72H50Cl2N6Ru. The van der Waals surface area contributed by atoms with Gasteiger partial charge in [0.15, 0.2) is 0 Å². The monoisotopic (exact) mass is 1170 g/mol. The van der Waals surface area contributed by atoms with Crippen molar-refractivity contribution >= 4 is 90.2 Å². The normalized spacial score (nSPS) is 10.7. The van der Waals surface area contributed by atoms with Crippen molar-refractivity contribution in [1.82, 2.24) is 29.9 Å². The zero-order valence-electron chi connectivity index (χ0n) is 43.6. The van der Waals surface area contributed by atoms with Crippen LogP contribution in [0, 0.1) is 0 Å². The molecule has 0 atom stereocenters. The smallest absolute Gasteiger partial charge is 0.0970 e. The Morgan fingerprint density at radius 3 is 0.432 bits per heavy atom. The Bertz CT molecular complexity index is 3840. The van der Waals surface area contributed by atoms with E-state index in [1.54, 1.807) is 0 Å². The second kappa shape index (κ2) is 25.2. The van der Waals surface area contributed by atoms with E-state index in [1.165, 1.54) is 66.8 Å². The van der Waals surface area contributed by atoms with Gasteiger partial charge in [0.25, 0.3) is 0 Å². The van der Waals surface area contributed by atoms with Crippen molar-refractivity contribution in [3.8, 4) is 66.8 Å². The maximum absolute atomic E-state index is 4.67. The first-order valence-electron chi connectivity index (χ1n) is 26.1. The molecule has 0 spiro atoms. The van der Waals surface area contributed by atoms with Gasteiger partial charge in [-0.25, -0.2) is 0 Å². The zero-order valence-corrected chi connectivity index (χ0v) is 46.9. The summed E-state index contributed by atoms with van der Waals surface area (Å²) in [6, 6.07) is 88.0. The maximum Gasteiger partial charge on any atom is 0.0970 e. The molecule has 0 saturated heterocycles. The van der Waals surface area contributed by atoms with Gasteiger partial charge in [-0.15, -0.1) is 24.8 Å². The predicted molar refractivity (Wildman–Crippen MR) is 338 cm³/mol. The standard InChI is InChI=1S/3C24H16N2.2ClH.Ru/c3*1-3-7-17(8-4-1)19-13-15-25-23-21(19)11-12-22-20(14-16-26-24(22)23)18-9-5-2-6-10-18;;;/h3*1-16H;2*1H;. The van der Waals surface area contributed by atoms with E-state index in [1.807, 2.05) is 73.6 Å². The average Bonchev–Trinajstić information content (AvgIpc) is 3.56. The molecule has 0 bridgehead atoms. The molecule has 0 amide bonds. The Kier molecular flexibility index (Phi) is 17.1. The first-order chi connectivity index (χ1) is 38.7. The van der Waals surface area contributed by atoms with Crippen LogP contribution in [-0.4, -0.2) is 29.9 Å². The Balaban J connectivity index is 0.000000134. The van der Waals surface area contributed by atoms with Crippen molar-refractivity contribution in [1.29, 1.82) is 0 Å². The van der Waals surface area contributed by atoms with Gasteiger partial charge < -0.3 is 0 Å². The van der Waals surface area contributed by atoms with Gasteiger partial charge in [0.05, 0.1) is 33.1 Å². The number of nitrogens with zero attached hydrogens (tertiary/aromatic N) is 6. The molecule has 9 aromatic carbocycles. The number of benzene rings is 9. The second-order valence-electron chi connectivity index (χ2n) is 18.9. The molecule has 81 heavy (non-hydrogen) atoms. The summed E-state index contributed by atoms with van der Waals surface area (Å²) in [7, 11) is 0. The van der Waals surface area contributed by atoms with Gasteiger partial charge in [0.1, 0.15) is 0 Å². The van der Waals surface area contributed by atoms with E-state index in [0.717, 1.165) is 65.4 Å². The summed E-state index contributed by atoms with van der Waals surface area (Å²) in [5.41, 5.74) is 19.9. The quantitative estimate of drug-likeness (QED) is 0.122. The summed E-state index contributed by atoms with van der Waals surface area (Å²) in [4.78, 5) is 28.0. The third-order valence-corrected chi connectivity index (χ3v) is 14.4. The van der Waals surface area contributed by atoms with E-state index in [-0.39, 0.29) is 44.3 Å². The van der Waals surface area contributed by atoms with Crippen LogP contribution in [0.25, 0.3) is 132 Å². The van der Waals surface area contributed by atoms with E-state index in [4.69, 9.17) is 0 Å². The molecule has 15 aromatic rings. The molecule has 0 fully saturated rings. The minimum absolute atomic E-state index is 0. The van der Waals surface area contributed by atoms with Crippen molar-refractivity contribution in [2.45, 2.75) is 0 Å².